The quantitative estimate of drug-likeness (QED) is 0.483. The minimum absolute atomic E-state index is 0.110. The number of hydrazine groups is 1. The van der Waals surface area contributed by atoms with Crippen molar-refractivity contribution in [2.75, 3.05) is 0 Å². The van der Waals surface area contributed by atoms with E-state index < -0.39 is 6.04 Å². The molecule has 5 heteroatoms. The number of hydrogen-bond acceptors (Lipinski definition) is 3. The van der Waals surface area contributed by atoms with Crippen LogP contribution in [0.5, 0.6) is 0 Å². The molecule has 0 aliphatic rings. The van der Waals surface area contributed by atoms with Crippen LogP contribution < -0.4 is 16.6 Å². The van der Waals surface area contributed by atoms with Crippen molar-refractivity contribution in [3.05, 3.63) is 0 Å². The van der Waals surface area contributed by atoms with Crippen molar-refractivity contribution < 1.29 is 9.59 Å². The minimum Gasteiger partial charge on any atom is -0.320 e. The number of hydrogen-bond donors (Lipinski definition) is 3. The molecular formula is C11H25N3O2. The van der Waals surface area contributed by atoms with Gasteiger partial charge in [0, 0.05) is 0 Å². The SMILES string of the molecule is CC(C)C.CCC(C)C(N)C(=O)NNC=O. The first-order chi connectivity index (χ1) is 7.36. The molecule has 0 saturated heterocycles. The zero-order valence-electron chi connectivity index (χ0n) is 10.9. The number of nitrogens with two attached hydrogens (primary N) is 1. The van der Waals surface area contributed by atoms with Gasteiger partial charge in [0.05, 0.1) is 6.04 Å². The summed E-state index contributed by atoms with van der Waals surface area (Å²) in [5.41, 5.74) is 9.76. The molecule has 0 fully saturated rings. The third-order valence-corrected chi connectivity index (χ3v) is 1.81. The van der Waals surface area contributed by atoms with Crippen molar-refractivity contribution >= 4 is 12.3 Å². The summed E-state index contributed by atoms with van der Waals surface area (Å²) in [6.45, 7) is 10.3. The first kappa shape index (κ1) is 17.3. The summed E-state index contributed by atoms with van der Waals surface area (Å²) in [5, 5.41) is 0. The Balaban J connectivity index is 0. The summed E-state index contributed by atoms with van der Waals surface area (Å²) in [6, 6.07) is -0.567. The summed E-state index contributed by atoms with van der Waals surface area (Å²) in [6.07, 6.45) is 1.22. The van der Waals surface area contributed by atoms with Gasteiger partial charge >= 0.3 is 0 Å². The molecule has 2 atom stereocenters. The maximum atomic E-state index is 11.0. The molecule has 0 aromatic carbocycles. The van der Waals surface area contributed by atoms with E-state index in [-0.39, 0.29) is 11.8 Å². The van der Waals surface area contributed by atoms with Crippen LogP contribution in [0, 0.1) is 11.8 Å². The van der Waals surface area contributed by atoms with E-state index in [0.717, 1.165) is 12.3 Å². The fraction of sp³-hybridized carbons (Fsp3) is 0.818. The van der Waals surface area contributed by atoms with Crippen LogP contribution in [0.1, 0.15) is 41.0 Å². The average molecular weight is 231 g/mol. The minimum atomic E-state index is -0.567. The third kappa shape index (κ3) is 11.0. The summed E-state index contributed by atoms with van der Waals surface area (Å²) in [7, 11) is 0. The maximum Gasteiger partial charge on any atom is 0.255 e. The topological polar surface area (TPSA) is 84.2 Å². The fourth-order valence-corrected chi connectivity index (χ4v) is 0.696. The van der Waals surface area contributed by atoms with Crippen LogP contribution in [0.2, 0.25) is 0 Å². The van der Waals surface area contributed by atoms with Crippen molar-refractivity contribution in [1.29, 1.82) is 0 Å². The molecular weight excluding hydrogens is 206 g/mol. The highest BCUT2D eigenvalue weighted by molar-refractivity contribution is 5.82. The lowest BCUT2D eigenvalue weighted by Crippen LogP contribution is -2.49. The molecule has 0 aromatic heterocycles. The van der Waals surface area contributed by atoms with E-state index in [0.29, 0.717) is 6.41 Å². The van der Waals surface area contributed by atoms with Crippen LogP contribution in [0.15, 0.2) is 0 Å². The molecule has 96 valence electrons. The second kappa shape index (κ2) is 10.4. The van der Waals surface area contributed by atoms with Gasteiger partial charge in [0.2, 0.25) is 6.41 Å². The molecule has 0 aliphatic heterocycles. The molecule has 16 heavy (non-hydrogen) atoms. The molecule has 0 rings (SSSR count). The molecule has 0 aromatic rings. The highest BCUT2D eigenvalue weighted by Crippen LogP contribution is 2.04. The lowest BCUT2D eigenvalue weighted by Gasteiger charge is -2.16. The van der Waals surface area contributed by atoms with Crippen LogP contribution in [-0.4, -0.2) is 18.4 Å². The maximum absolute atomic E-state index is 11.0. The molecule has 0 bridgehead atoms. The zero-order valence-corrected chi connectivity index (χ0v) is 10.9. The normalized spacial score (nSPS) is 13.2. The Morgan fingerprint density at radius 2 is 1.75 bits per heavy atom. The Morgan fingerprint density at radius 1 is 1.31 bits per heavy atom. The van der Waals surface area contributed by atoms with E-state index in [9.17, 15) is 9.59 Å². The lowest BCUT2D eigenvalue weighted by molar-refractivity contribution is -0.126. The highest BCUT2D eigenvalue weighted by atomic mass is 16.2. The predicted octanol–water partition coefficient (Wildman–Crippen LogP) is 0.799. The van der Waals surface area contributed by atoms with Crippen LogP contribution in [0.3, 0.4) is 0 Å². The van der Waals surface area contributed by atoms with Crippen molar-refractivity contribution in [3.8, 4) is 0 Å². The molecule has 5 nitrogen and oxygen atoms in total. The molecule has 0 spiro atoms. The van der Waals surface area contributed by atoms with E-state index in [1.165, 1.54) is 0 Å². The fourth-order valence-electron chi connectivity index (χ4n) is 0.696. The number of rotatable bonds is 5. The first-order valence-electron chi connectivity index (χ1n) is 5.61. The van der Waals surface area contributed by atoms with Crippen LogP contribution in [0.4, 0.5) is 0 Å². The number of carbonyl (C=O) groups excluding carboxylic acids is 2. The van der Waals surface area contributed by atoms with Crippen molar-refractivity contribution in [1.82, 2.24) is 10.9 Å². The zero-order chi connectivity index (χ0) is 13.1. The summed E-state index contributed by atoms with van der Waals surface area (Å²) < 4.78 is 0. The van der Waals surface area contributed by atoms with Crippen LogP contribution in [0.25, 0.3) is 0 Å². The van der Waals surface area contributed by atoms with Gasteiger partial charge in [-0.3, -0.25) is 20.4 Å². The van der Waals surface area contributed by atoms with E-state index in [2.05, 4.69) is 26.2 Å². The van der Waals surface area contributed by atoms with Gasteiger partial charge in [0.25, 0.3) is 5.91 Å². The Kier molecular flexibility index (Phi) is 11.3. The van der Waals surface area contributed by atoms with Crippen LogP contribution >= 0.6 is 0 Å². The Labute approximate surface area is 98.1 Å². The number of nitrogens with one attached hydrogen (secondary N) is 2. The van der Waals surface area contributed by atoms with Gasteiger partial charge in [0.1, 0.15) is 0 Å². The number of carbonyl (C=O) groups is 2. The van der Waals surface area contributed by atoms with Crippen LogP contribution in [-0.2, 0) is 9.59 Å². The summed E-state index contributed by atoms with van der Waals surface area (Å²) in [4.78, 5) is 20.8. The smallest absolute Gasteiger partial charge is 0.255 e. The van der Waals surface area contributed by atoms with Gasteiger partial charge in [0.15, 0.2) is 0 Å². The first-order valence-corrected chi connectivity index (χ1v) is 5.61. The molecule has 0 radical (unpaired) electrons. The molecule has 0 heterocycles. The molecule has 0 aliphatic carbocycles. The van der Waals surface area contributed by atoms with E-state index in [4.69, 9.17) is 5.73 Å². The second-order valence-electron chi connectivity index (χ2n) is 4.39. The monoisotopic (exact) mass is 231 g/mol. The van der Waals surface area contributed by atoms with Crippen molar-refractivity contribution in [2.45, 2.75) is 47.1 Å². The Bertz CT molecular complexity index is 193. The van der Waals surface area contributed by atoms with Gasteiger partial charge < -0.3 is 5.73 Å². The van der Waals surface area contributed by atoms with Gasteiger partial charge in [-0.15, -0.1) is 0 Å². The summed E-state index contributed by atoms with van der Waals surface area (Å²) >= 11 is 0. The van der Waals surface area contributed by atoms with E-state index in [1.807, 2.05) is 19.3 Å². The molecule has 2 unspecified atom stereocenters. The second-order valence-corrected chi connectivity index (χ2v) is 4.39. The van der Waals surface area contributed by atoms with E-state index in [1.54, 1.807) is 0 Å². The highest BCUT2D eigenvalue weighted by Gasteiger charge is 2.18. The van der Waals surface area contributed by atoms with Crippen molar-refractivity contribution in [2.24, 2.45) is 17.6 Å². The largest absolute Gasteiger partial charge is 0.320 e. The molecule has 2 amide bonds. The molecule has 0 saturated carbocycles. The Hall–Kier alpha value is -1.10. The van der Waals surface area contributed by atoms with Gasteiger partial charge in [-0.05, 0) is 11.8 Å². The lowest BCUT2D eigenvalue weighted by atomic mass is 10.00. The number of amides is 2. The van der Waals surface area contributed by atoms with Gasteiger partial charge in [-0.2, -0.15) is 0 Å². The predicted molar refractivity (Wildman–Crippen MR) is 65.3 cm³/mol. The summed E-state index contributed by atoms with van der Waals surface area (Å²) in [5.74, 6) is 0.579. The standard InChI is InChI=1S/C7H15N3O2.C4H10/c1-3-5(2)6(8)7(12)10-9-4-11;1-4(2)3/h4-6H,3,8H2,1-2H3,(H,9,11)(H,10,12);4H,1-3H3. The van der Waals surface area contributed by atoms with Gasteiger partial charge in [-0.25, -0.2) is 0 Å². The Morgan fingerprint density at radius 3 is 2.06 bits per heavy atom. The van der Waals surface area contributed by atoms with Crippen molar-refractivity contribution in [3.63, 3.8) is 0 Å². The van der Waals surface area contributed by atoms with E-state index >= 15 is 0 Å². The molecule has 4 N–H and O–H groups in total. The average Bonchev–Trinajstić information content (AvgIpc) is 2.22. The third-order valence-electron chi connectivity index (χ3n) is 1.81. The van der Waals surface area contributed by atoms with Gasteiger partial charge in [-0.1, -0.05) is 41.0 Å².